The molecule has 3 rings (SSSR count). The lowest BCUT2D eigenvalue weighted by molar-refractivity contribution is 0.796. The van der Waals surface area contributed by atoms with Crippen LogP contribution in [0.1, 0.15) is 6.92 Å². The van der Waals surface area contributed by atoms with Gasteiger partial charge in [0.25, 0.3) is 0 Å². The maximum Gasteiger partial charge on any atom is 0.143 e. The Hall–Kier alpha value is -1.71. The van der Waals surface area contributed by atoms with Gasteiger partial charge < -0.3 is 10.3 Å². The SMILES string of the molecule is CCn1c(-c2ccc(Cl)cc2N)nc2cc(Cl)ccc21. The molecule has 3 aromatic rings. The summed E-state index contributed by atoms with van der Waals surface area (Å²) in [6, 6.07) is 11.2. The number of nitrogens with zero attached hydrogens (tertiary/aromatic N) is 2. The summed E-state index contributed by atoms with van der Waals surface area (Å²) in [5.41, 5.74) is 9.47. The number of hydrogen-bond donors (Lipinski definition) is 1. The van der Waals surface area contributed by atoms with Crippen molar-refractivity contribution in [2.45, 2.75) is 13.5 Å². The molecule has 0 saturated heterocycles. The number of halogens is 2. The predicted molar refractivity (Wildman–Crippen MR) is 85.3 cm³/mol. The van der Waals surface area contributed by atoms with Crippen LogP contribution in [0.15, 0.2) is 36.4 Å². The van der Waals surface area contributed by atoms with Gasteiger partial charge >= 0.3 is 0 Å². The molecule has 0 aliphatic carbocycles. The molecule has 0 spiro atoms. The monoisotopic (exact) mass is 305 g/mol. The van der Waals surface area contributed by atoms with E-state index in [1.807, 2.05) is 30.3 Å². The Morgan fingerprint density at radius 2 is 1.80 bits per heavy atom. The van der Waals surface area contributed by atoms with Crippen molar-refractivity contribution in [1.29, 1.82) is 0 Å². The van der Waals surface area contributed by atoms with Crippen LogP contribution >= 0.6 is 23.2 Å². The van der Waals surface area contributed by atoms with E-state index in [1.54, 1.807) is 6.07 Å². The first-order valence-corrected chi connectivity index (χ1v) is 7.07. The number of imidazole rings is 1. The molecule has 3 nitrogen and oxygen atoms in total. The Morgan fingerprint density at radius 3 is 2.50 bits per heavy atom. The Labute approximate surface area is 126 Å². The molecule has 0 fully saturated rings. The van der Waals surface area contributed by atoms with Gasteiger partial charge in [-0.1, -0.05) is 23.2 Å². The maximum atomic E-state index is 6.06. The standard InChI is InChI=1S/C15H13Cl2N3/c1-2-20-14-6-4-10(17)8-13(14)19-15(20)11-5-3-9(16)7-12(11)18/h3-8H,2,18H2,1H3. The number of hydrogen-bond acceptors (Lipinski definition) is 2. The van der Waals surface area contributed by atoms with Gasteiger partial charge in [0.1, 0.15) is 5.82 Å². The molecule has 102 valence electrons. The lowest BCUT2D eigenvalue weighted by atomic mass is 10.1. The molecule has 2 aromatic carbocycles. The fourth-order valence-corrected chi connectivity index (χ4v) is 2.71. The second-order valence-electron chi connectivity index (χ2n) is 4.54. The minimum absolute atomic E-state index is 0.619. The van der Waals surface area contributed by atoms with Crippen LogP contribution in [0.4, 0.5) is 5.69 Å². The van der Waals surface area contributed by atoms with Crippen LogP contribution in [0, 0.1) is 0 Å². The largest absolute Gasteiger partial charge is 0.398 e. The van der Waals surface area contributed by atoms with Gasteiger partial charge in [-0.3, -0.25) is 0 Å². The second kappa shape index (κ2) is 5.00. The highest BCUT2D eigenvalue weighted by molar-refractivity contribution is 6.31. The van der Waals surface area contributed by atoms with Crippen LogP contribution in [0.3, 0.4) is 0 Å². The summed E-state index contributed by atoms with van der Waals surface area (Å²) in [5.74, 6) is 0.832. The molecule has 0 atom stereocenters. The van der Waals surface area contributed by atoms with Gasteiger partial charge in [0, 0.05) is 27.8 Å². The van der Waals surface area contributed by atoms with Gasteiger partial charge in [-0.05, 0) is 43.3 Å². The molecule has 0 bridgehead atoms. The van der Waals surface area contributed by atoms with Crippen LogP contribution in [0.2, 0.25) is 10.0 Å². The van der Waals surface area contributed by atoms with Gasteiger partial charge in [0.15, 0.2) is 0 Å². The first-order chi connectivity index (χ1) is 9.60. The van der Waals surface area contributed by atoms with E-state index in [1.165, 1.54) is 0 Å². The number of rotatable bonds is 2. The van der Waals surface area contributed by atoms with Crippen molar-refractivity contribution in [2.75, 3.05) is 5.73 Å². The van der Waals surface area contributed by atoms with E-state index in [0.717, 1.165) is 29.0 Å². The number of aryl methyl sites for hydroxylation is 1. The summed E-state index contributed by atoms with van der Waals surface area (Å²) in [6.45, 7) is 2.88. The number of anilines is 1. The third-order valence-corrected chi connectivity index (χ3v) is 3.75. The van der Waals surface area contributed by atoms with Crippen LogP contribution in [-0.4, -0.2) is 9.55 Å². The summed E-state index contributed by atoms with van der Waals surface area (Å²) < 4.78 is 2.12. The lowest BCUT2D eigenvalue weighted by Gasteiger charge is -2.08. The van der Waals surface area contributed by atoms with Crippen molar-refractivity contribution in [3.8, 4) is 11.4 Å². The Morgan fingerprint density at radius 1 is 1.10 bits per heavy atom. The van der Waals surface area contributed by atoms with Crippen LogP contribution in [-0.2, 0) is 6.54 Å². The maximum absolute atomic E-state index is 6.06. The number of nitrogen functional groups attached to an aromatic ring is 1. The Kier molecular flexibility index (Phi) is 3.32. The fraction of sp³-hybridized carbons (Fsp3) is 0.133. The predicted octanol–water partition coefficient (Wildman–Crippen LogP) is 4.61. The van der Waals surface area contributed by atoms with Crippen molar-refractivity contribution in [3.63, 3.8) is 0 Å². The van der Waals surface area contributed by atoms with Gasteiger partial charge in [-0.15, -0.1) is 0 Å². The summed E-state index contributed by atoms with van der Waals surface area (Å²) in [6.07, 6.45) is 0. The quantitative estimate of drug-likeness (QED) is 0.702. The summed E-state index contributed by atoms with van der Waals surface area (Å²) in [5, 5.41) is 1.29. The lowest BCUT2D eigenvalue weighted by Crippen LogP contribution is -2.00. The third-order valence-electron chi connectivity index (χ3n) is 3.28. The molecule has 20 heavy (non-hydrogen) atoms. The number of nitrogens with two attached hydrogens (primary N) is 1. The smallest absolute Gasteiger partial charge is 0.143 e. The average Bonchev–Trinajstić information content (AvgIpc) is 2.75. The minimum Gasteiger partial charge on any atom is -0.398 e. The van der Waals surface area contributed by atoms with Crippen LogP contribution in [0.25, 0.3) is 22.4 Å². The highest BCUT2D eigenvalue weighted by Crippen LogP contribution is 2.31. The molecule has 0 radical (unpaired) electrons. The molecular weight excluding hydrogens is 293 g/mol. The number of fused-ring (bicyclic) bond motifs is 1. The van der Waals surface area contributed by atoms with E-state index >= 15 is 0 Å². The highest BCUT2D eigenvalue weighted by atomic mass is 35.5. The van der Waals surface area contributed by atoms with Gasteiger partial charge in [0.2, 0.25) is 0 Å². The Bertz CT molecular complexity index is 793. The van der Waals surface area contributed by atoms with Crippen molar-refractivity contribution >= 4 is 39.9 Å². The molecule has 0 aliphatic heterocycles. The number of benzene rings is 2. The molecule has 0 unspecified atom stereocenters. The normalized spacial score (nSPS) is 11.2. The third kappa shape index (κ3) is 2.13. The van der Waals surface area contributed by atoms with Gasteiger partial charge in [0.05, 0.1) is 11.0 Å². The van der Waals surface area contributed by atoms with E-state index in [0.29, 0.717) is 15.7 Å². The topological polar surface area (TPSA) is 43.8 Å². The van der Waals surface area contributed by atoms with Crippen molar-refractivity contribution in [2.24, 2.45) is 0 Å². The highest BCUT2D eigenvalue weighted by Gasteiger charge is 2.14. The van der Waals surface area contributed by atoms with E-state index < -0.39 is 0 Å². The van der Waals surface area contributed by atoms with Crippen molar-refractivity contribution < 1.29 is 0 Å². The zero-order chi connectivity index (χ0) is 14.3. The van der Waals surface area contributed by atoms with Crippen molar-refractivity contribution in [1.82, 2.24) is 9.55 Å². The molecule has 0 amide bonds. The van der Waals surface area contributed by atoms with E-state index in [9.17, 15) is 0 Å². The second-order valence-corrected chi connectivity index (χ2v) is 5.42. The molecule has 0 aliphatic rings. The number of aromatic nitrogens is 2. The van der Waals surface area contributed by atoms with Gasteiger partial charge in [-0.25, -0.2) is 4.98 Å². The first kappa shape index (κ1) is 13.3. The first-order valence-electron chi connectivity index (χ1n) is 6.31. The van der Waals surface area contributed by atoms with E-state index in [2.05, 4.69) is 16.5 Å². The van der Waals surface area contributed by atoms with Crippen LogP contribution in [0.5, 0.6) is 0 Å². The zero-order valence-corrected chi connectivity index (χ0v) is 12.4. The van der Waals surface area contributed by atoms with Crippen molar-refractivity contribution in [3.05, 3.63) is 46.4 Å². The molecule has 5 heteroatoms. The molecule has 0 saturated carbocycles. The average molecular weight is 306 g/mol. The van der Waals surface area contributed by atoms with Crippen LogP contribution < -0.4 is 5.73 Å². The Balaban J connectivity index is 2.30. The van der Waals surface area contributed by atoms with Gasteiger partial charge in [-0.2, -0.15) is 0 Å². The summed E-state index contributed by atoms with van der Waals surface area (Å²) in [4.78, 5) is 4.66. The zero-order valence-electron chi connectivity index (χ0n) is 10.9. The summed E-state index contributed by atoms with van der Waals surface area (Å²) in [7, 11) is 0. The molecular formula is C15H13Cl2N3. The van der Waals surface area contributed by atoms with E-state index in [4.69, 9.17) is 28.9 Å². The van der Waals surface area contributed by atoms with E-state index in [-0.39, 0.29) is 0 Å². The molecule has 1 aromatic heterocycles. The fourth-order valence-electron chi connectivity index (χ4n) is 2.37. The molecule has 2 N–H and O–H groups in total. The summed E-state index contributed by atoms with van der Waals surface area (Å²) >= 11 is 12.0. The minimum atomic E-state index is 0.619. The molecule has 1 heterocycles.